The van der Waals surface area contributed by atoms with E-state index in [4.69, 9.17) is 4.42 Å². The molecule has 1 saturated carbocycles. The first kappa shape index (κ1) is 13.3. The van der Waals surface area contributed by atoms with Gasteiger partial charge in [0, 0.05) is 17.7 Å². The summed E-state index contributed by atoms with van der Waals surface area (Å²) in [7, 11) is 0. The molecule has 0 unspecified atom stereocenters. The molecule has 1 aromatic carbocycles. The molecule has 1 aliphatic carbocycles. The lowest BCUT2D eigenvalue weighted by atomic mass is 10.1. The van der Waals surface area contributed by atoms with Crippen LogP contribution < -0.4 is 5.32 Å². The Hall–Kier alpha value is -1.66. The van der Waals surface area contributed by atoms with Gasteiger partial charge in [0.15, 0.2) is 0 Å². The summed E-state index contributed by atoms with van der Waals surface area (Å²) in [6.07, 6.45) is 2.46. The molecule has 0 amide bonds. The Morgan fingerprint density at radius 2 is 2.15 bits per heavy atom. The minimum absolute atomic E-state index is 0.0385. The summed E-state index contributed by atoms with van der Waals surface area (Å²) in [5, 5.41) is 14.3. The number of nitro benzene ring substituents is 1. The average molecular weight is 337 g/mol. The van der Waals surface area contributed by atoms with Gasteiger partial charge in [0.2, 0.25) is 0 Å². The topological polar surface area (TPSA) is 68.3 Å². The fourth-order valence-corrected chi connectivity index (χ4v) is 2.36. The highest BCUT2D eigenvalue weighted by atomic mass is 79.9. The van der Waals surface area contributed by atoms with E-state index in [1.165, 1.54) is 18.9 Å². The van der Waals surface area contributed by atoms with Crippen LogP contribution in [0.2, 0.25) is 0 Å². The van der Waals surface area contributed by atoms with Gasteiger partial charge in [-0.25, -0.2) is 0 Å². The van der Waals surface area contributed by atoms with E-state index < -0.39 is 4.92 Å². The number of rotatable bonds is 5. The quantitative estimate of drug-likeness (QED) is 0.664. The molecule has 5 nitrogen and oxygen atoms in total. The number of nitro groups is 1. The van der Waals surface area contributed by atoms with Crippen molar-refractivity contribution in [2.45, 2.75) is 25.4 Å². The van der Waals surface area contributed by atoms with Crippen LogP contribution in [0.15, 0.2) is 39.2 Å². The zero-order valence-corrected chi connectivity index (χ0v) is 12.2. The molecule has 1 N–H and O–H groups in total. The van der Waals surface area contributed by atoms with Gasteiger partial charge >= 0.3 is 0 Å². The van der Waals surface area contributed by atoms with Crippen molar-refractivity contribution >= 4 is 21.6 Å². The fourth-order valence-electron chi connectivity index (χ4n) is 1.97. The van der Waals surface area contributed by atoms with E-state index in [1.54, 1.807) is 12.1 Å². The molecule has 0 spiro atoms. The first-order chi connectivity index (χ1) is 9.63. The van der Waals surface area contributed by atoms with E-state index in [-0.39, 0.29) is 5.69 Å². The first-order valence-corrected chi connectivity index (χ1v) is 7.19. The number of hydrogen-bond acceptors (Lipinski definition) is 4. The van der Waals surface area contributed by atoms with E-state index in [0.717, 1.165) is 5.76 Å². The summed E-state index contributed by atoms with van der Waals surface area (Å²) >= 11 is 3.17. The highest BCUT2D eigenvalue weighted by molar-refractivity contribution is 9.10. The molecule has 2 aromatic rings. The number of halogens is 1. The number of hydrogen-bond donors (Lipinski definition) is 1. The predicted molar refractivity (Wildman–Crippen MR) is 78.4 cm³/mol. The number of nitrogens with zero attached hydrogens (tertiary/aromatic N) is 1. The minimum Gasteiger partial charge on any atom is -0.460 e. The molecule has 1 aromatic heterocycles. The van der Waals surface area contributed by atoms with Crippen molar-refractivity contribution in [3.63, 3.8) is 0 Å². The second-order valence-electron chi connectivity index (χ2n) is 4.84. The van der Waals surface area contributed by atoms with E-state index in [0.29, 0.717) is 28.4 Å². The van der Waals surface area contributed by atoms with Crippen molar-refractivity contribution in [2.75, 3.05) is 0 Å². The normalized spacial score (nSPS) is 14.4. The molecule has 6 heteroatoms. The molecule has 1 heterocycles. The molecule has 0 bridgehead atoms. The zero-order chi connectivity index (χ0) is 14.1. The average Bonchev–Trinajstić information content (AvgIpc) is 3.14. The standard InChI is InChI=1S/C14H13BrN2O3/c15-12-5-1-9(7-13(12)17(18)19)14-6-4-11(20-14)8-16-10-2-3-10/h1,4-7,10,16H,2-3,8H2. The summed E-state index contributed by atoms with van der Waals surface area (Å²) < 4.78 is 6.19. The van der Waals surface area contributed by atoms with Gasteiger partial charge in [-0.2, -0.15) is 0 Å². The van der Waals surface area contributed by atoms with Crippen molar-refractivity contribution < 1.29 is 9.34 Å². The Bertz CT molecular complexity index is 650. The predicted octanol–water partition coefficient (Wildman–Crippen LogP) is 3.87. The summed E-state index contributed by atoms with van der Waals surface area (Å²) in [5.74, 6) is 1.49. The van der Waals surface area contributed by atoms with Gasteiger partial charge in [0.1, 0.15) is 11.5 Å². The fraction of sp³-hybridized carbons (Fsp3) is 0.286. The summed E-state index contributed by atoms with van der Waals surface area (Å²) in [5.41, 5.74) is 0.745. The maximum atomic E-state index is 10.9. The molecule has 20 heavy (non-hydrogen) atoms. The van der Waals surface area contributed by atoms with E-state index >= 15 is 0 Å². The third-order valence-corrected chi connectivity index (χ3v) is 3.90. The lowest BCUT2D eigenvalue weighted by molar-refractivity contribution is -0.385. The molecular formula is C14H13BrN2O3. The van der Waals surface area contributed by atoms with Crippen LogP contribution in [-0.2, 0) is 6.54 Å². The molecule has 104 valence electrons. The van der Waals surface area contributed by atoms with Gasteiger partial charge in [-0.15, -0.1) is 0 Å². The second kappa shape index (κ2) is 5.38. The maximum Gasteiger partial charge on any atom is 0.284 e. The number of benzene rings is 1. The Kier molecular flexibility index (Phi) is 3.58. The van der Waals surface area contributed by atoms with Crippen LogP contribution >= 0.6 is 15.9 Å². The van der Waals surface area contributed by atoms with Gasteiger partial charge in [0.25, 0.3) is 5.69 Å². The van der Waals surface area contributed by atoms with Crippen molar-refractivity contribution in [3.05, 3.63) is 50.7 Å². The van der Waals surface area contributed by atoms with Crippen LogP contribution in [0.5, 0.6) is 0 Å². The molecule has 0 saturated heterocycles. The zero-order valence-electron chi connectivity index (χ0n) is 10.6. The molecule has 0 atom stereocenters. The molecule has 3 rings (SSSR count). The summed E-state index contributed by atoms with van der Waals surface area (Å²) in [4.78, 5) is 10.5. The van der Waals surface area contributed by atoms with Crippen LogP contribution in [0, 0.1) is 10.1 Å². The van der Waals surface area contributed by atoms with Gasteiger partial charge in [-0.1, -0.05) is 0 Å². The van der Waals surface area contributed by atoms with Crippen LogP contribution in [-0.4, -0.2) is 11.0 Å². The highest BCUT2D eigenvalue weighted by Crippen LogP contribution is 2.31. The van der Waals surface area contributed by atoms with Gasteiger partial charge in [-0.05, 0) is 53.0 Å². The monoisotopic (exact) mass is 336 g/mol. The van der Waals surface area contributed by atoms with Crippen molar-refractivity contribution in [1.29, 1.82) is 0 Å². The van der Waals surface area contributed by atoms with Crippen LogP contribution in [0.4, 0.5) is 5.69 Å². The maximum absolute atomic E-state index is 10.9. The summed E-state index contributed by atoms with van der Waals surface area (Å²) in [6, 6.07) is 9.35. The van der Waals surface area contributed by atoms with E-state index in [2.05, 4.69) is 21.2 Å². The SMILES string of the molecule is O=[N+]([O-])c1cc(-c2ccc(CNC3CC3)o2)ccc1Br. The minimum atomic E-state index is -0.411. The largest absolute Gasteiger partial charge is 0.460 e. The second-order valence-corrected chi connectivity index (χ2v) is 5.70. The third-order valence-electron chi connectivity index (χ3n) is 3.23. The van der Waals surface area contributed by atoms with Crippen molar-refractivity contribution in [3.8, 4) is 11.3 Å². The molecular weight excluding hydrogens is 324 g/mol. The smallest absolute Gasteiger partial charge is 0.284 e. The van der Waals surface area contributed by atoms with Gasteiger partial charge < -0.3 is 9.73 Å². The lowest BCUT2D eigenvalue weighted by Gasteiger charge is -2.01. The van der Waals surface area contributed by atoms with Crippen molar-refractivity contribution in [1.82, 2.24) is 5.32 Å². The number of nitrogens with one attached hydrogen (secondary N) is 1. The Labute approximate surface area is 124 Å². The molecule has 1 aliphatic rings. The third kappa shape index (κ3) is 2.91. The Morgan fingerprint density at radius 1 is 1.35 bits per heavy atom. The van der Waals surface area contributed by atoms with Crippen LogP contribution in [0.1, 0.15) is 18.6 Å². The van der Waals surface area contributed by atoms with Crippen LogP contribution in [0.3, 0.4) is 0 Å². The van der Waals surface area contributed by atoms with E-state index in [9.17, 15) is 10.1 Å². The van der Waals surface area contributed by atoms with E-state index in [1.807, 2.05) is 12.1 Å². The summed E-state index contributed by atoms with van der Waals surface area (Å²) in [6.45, 7) is 0.698. The molecule has 0 radical (unpaired) electrons. The van der Waals surface area contributed by atoms with Crippen LogP contribution in [0.25, 0.3) is 11.3 Å². The Morgan fingerprint density at radius 3 is 2.85 bits per heavy atom. The number of furan rings is 1. The first-order valence-electron chi connectivity index (χ1n) is 6.40. The molecule has 0 aliphatic heterocycles. The van der Waals surface area contributed by atoms with Crippen molar-refractivity contribution in [2.24, 2.45) is 0 Å². The Balaban J connectivity index is 1.81. The van der Waals surface area contributed by atoms with Gasteiger partial charge in [0.05, 0.1) is 15.9 Å². The highest BCUT2D eigenvalue weighted by Gasteiger charge is 2.21. The van der Waals surface area contributed by atoms with Gasteiger partial charge in [-0.3, -0.25) is 10.1 Å². The molecule has 1 fully saturated rings. The lowest BCUT2D eigenvalue weighted by Crippen LogP contribution is -2.14.